The number of phenolic OH excluding ortho intramolecular Hbond substituents is 1. The van der Waals surface area contributed by atoms with Crippen LogP contribution < -0.4 is 5.32 Å². The van der Waals surface area contributed by atoms with E-state index in [4.69, 9.17) is 14.9 Å². The molecule has 6 heteroatoms. The molecule has 1 rings (SSSR count). The van der Waals surface area contributed by atoms with Crippen LogP contribution in [0.3, 0.4) is 0 Å². The molecule has 3 N–H and O–H groups in total. The third kappa shape index (κ3) is 8.14. The molecule has 0 unspecified atom stereocenters. The summed E-state index contributed by atoms with van der Waals surface area (Å²) in [6.07, 6.45) is -0.668. The lowest BCUT2D eigenvalue weighted by Gasteiger charge is -2.22. The Bertz CT molecular complexity index is 476. The van der Waals surface area contributed by atoms with E-state index in [1.165, 1.54) is 12.1 Å². The summed E-state index contributed by atoms with van der Waals surface area (Å²) in [6, 6.07) is 5.03. The smallest absolute Gasteiger partial charge is 0.408 e. The summed E-state index contributed by atoms with van der Waals surface area (Å²) in [7, 11) is 0. The Morgan fingerprint density at radius 1 is 1.18 bits per heavy atom. The largest absolute Gasteiger partial charge is 0.508 e. The molecule has 0 heterocycles. The van der Waals surface area contributed by atoms with Crippen molar-refractivity contribution in [1.82, 2.24) is 5.32 Å². The van der Waals surface area contributed by atoms with Gasteiger partial charge in [-0.1, -0.05) is 26.0 Å². The molecule has 0 aliphatic rings. The number of nitrogens with one attached hydrogen (secondary N) is 1. The Hall–Kier alpha value is -2.24. The molecule has 1 aromatic rings. The van der Waals surface area contributed by atoms with Gasteiger partial charge in [0.25, 0.3) is 0 Å². The van der Waals surface area contributed by atoms with E-state index in [9.17, 15) is 9.59 Å². The number of carbonyl (C=O) groups excluding carboxylic acids is 1. The number of hydrogen-bond donors (Lipinski definition) is 3. The summed E-state index contributed by atoms with van der Waals surface area (Å²) in [4.78, 5) is 22.7. The van der Waals surface area contributed by atoms with E-state index < -0.39 is 23.7 Å². The second-order valence-electron chi connectivity index (χ2n) is 5.41. The highest BCUT2D eigenvalue weighted by Gasteiger charge is 2.24. The normalized spacial score (nSPS) is 11.7. The van der Waals surface area contributed by atoms with Crippen LogP contribution in [0.2, 0.25) is 0 Å². The second-order valence-corrected chi connectivity index (χ2v) is 5.41. The summed E-state index contributed by atoms with van der Waals surface area (Å²) in [6.45, 7) is 9.09. The fourth-order valence-electron chi connectivity index (χ4n) is 1.52. The maximum Gasteiger partial charge on any atom is 0.408 e. The number of carboxylic acid groups (broad SMARTS) is 1. The molecule has 124 valence electrons. The zero-order chi connectivity index (χ0) is 17.3. The number of aliphatic carboxylic acids is 1. The molecule has 1 amide bonds. The standard InChI is InChI=1S/C14H19NO5.C2H6/c1-14(2,3)20-13(19)15-11(12(17)18)8-9-4-6-10(16)7-5-9;1-2/h4-7,11,16H,8H2,1-3H3,(H,15,19)(H,17,18);1-2H3/t11-;/m0./s1. The lowest BCUT2D eigenvalue weighted by Crippen LogP contribution is -2.44. The second kappa shape index (κ2) is 8.92. The Morgan fingerprint density at radius 3 is 2.09 bits per heavy atom. The van der Waals surface area contributed by atoms with Gasteiger partial charge in [0.05, 0.1) is 0 Å². The number of amides is 1. The maximum atomic E-state index is 11.6. The van der Waals surface area contributed by atoms with Crippen molar-refractivity contribution in [2.24, 2.45) is 0 Å². The summed E-state index contributed by atoms with van der Waals surface area (Å²) in [5.41, 5.74) is -0.00247. The molecular weight excluding hydrogens is 286 g/mol. The molecule has 1 atom stereocenters. The molecule has 0 saturated heterocycles. The van der Waals surface area contributed by atoms with Crippen LogP contribution in [-0.2, 0) is 16.0 Å². The fourth-order valence-corrected chi connectivity index (χ4v) is 1.52. The molecule has 0 fully saturated rings. The SMILES string of the molecule is CC.CC(C)(C)OC(=O)N[C@@H](Cc1ccc(O)cc1)C(=O)O. The predicted molar refractivity (Wildman–Crippen MR) is 84.0 cm³/mol. The number of ether oxygens (including phenoxy) is 1. The average molecular weight is 311 g/mol. The van der Waals surface area contributed by atoms with Crippen molar-refractivity contribution in [1.29, 1.82) is 0 Å². The number of phenols is 1. The molecule has 0 aromatic heterocycles. The number of rotatable bonds is 4. The third-order valence-corrected chi connectivity index (χ3v) is 2.37. The number of hydrogen-bond acceptors (Lipinski definition) is 4. The first kappa shape index (κ1) is 19.8. The van der Waals surface area contributed by atoms with Gasteiger partial charge in [-0.15, -0.1) is 0 Å². The van der Waals surface area contributed by atoms with Crippen molar-refractivity contribution in [3.8, 4) is 5.75 Å². The van der Waals surface area contributed by atoms with Gasteiger partial charge in [0.1, 0.15) is 17.4 Å². The van der Waals surface area contributed by atoms with Crippen LogP contribution in [0, 0.1) is 0 Å². The number of benzene rings is 1. The van der Waals surface area contributed by atoms with Gasteiger partial charge in [0.2, 0.25) is 0 Å². The lowest BCUT2D eigenvalue weighted by molar-refractivity contribution is -0.139. The molecule has 0 aliphatic heterocycles. The van der Waals surface area contributed by atoms with Crippen LogP contribution in [0.5, 0.6) is 5.75 Å². The zero-order valence-corrected chi connectivity index (χ0v) is 13.7. The average Bonchev–Trinajstić information content (AvgIpc) is 2.40. The lowest BCUT2D eigenvalue weighted by atomic mass is 10.1. The number of carbonyl (C=O) groups is 2. The Balaban J connectivity index is 0.00000211. The minimum absolute atomic E-state index is 0.0979. The number of alkyl carbamates (subject to hydrolysis) is 1. The van der Waals surface area contributed by atoms with E-state index in [2.05, 4.69) is 5.32 Å². The van der Waals surface area contributed by atoms with Gasteiger partial charge in [-0.3, -0.25) is 0 Å². The molecule has 0 spiro atoms. The highest BCUT2D eigenvalue weighted by atomic mass is 16.6. The molecule has 0 radical (unpaired) electrons. The molecule has 1 aromatic carbocycles. The van der Waals surface area contributed by atoms with Gasteiger partial charge in [-0.2, -0.15) is 0 Å². The van der Waals surface area contributed by atoms with Crippen LogP contribution in [0.1, 0.15) is 40.2 Å². The van der Waals surface area contributed by atoms with E-state index in [1.807, 2.05) is 13.8 Å². The molecule has 6 nitrogen and oxygen atoms in total. The first-order chi connectivity index (χ1) is 10.2. The van der Waals surface area contributed by atoms with E-state index in [1.54, 1.807) is 32.9 Å². The van der Waals surface area contributed by atoms with Crippen molar-refractivity contribution < 1.29 is 24.5 Å². The highest BCUT2D eigenvalue weighted by Crippen LogP contribution is 2.12. The van der Waals surface area contributed by atoms with E-state index >= 15 is 0 Å². The van der Waals surface area contributed by atoms with Crippen molar-refractivity contribution in [3.63, 3.8) is 0 Å². The Morgan fingerprint density at radius 2 is 1.68 bits per heavy atom. The minimum atomic E-state index is -1.15. The Kier molecular flexibility index (Phi) is 8.01. The molecule has 0 aliphatic carbocycles. The van der Waals surface area contributed by atoms with Crippen molar-refractivity contribution in [2.75, 3.05) is 0 Å². The van der Waals surface area contributed by atoms with Crippen molar-refractivity contribution in [3.05, 3.63) is 29.8 Å². The summed E-state index contributed by atoms with van der Waals surface area (Å²) in [5.74, 6) is -1.05. The van der Waals surface area contributed by atoms with Gasteiger partial charge in [-0.25, -0.2) is 9.59 Å². The summed E-state index contributed by atoms with van der Waals surface area (Å²) < 4.78 is 5.02. The maximum absolute atomic E-state index is 11.6. The zero-order valence-electron chi connectivity index (χ0n) is 13.7. The number of aromatic hydroxyl groups is 1. The van der Waals surface area contributed by atoms with E-state index in [0.717, 1.165) is 0 Å². The van der Waals surface area contributed by atoms with Crippen molar-refractivity contribution in [2.45, 2.75) is 52.7 Å². The first-order valence-electron chi connectivity index (χ1n) is 7.17. The highest BCUT2D eigenvalue weighted by molar-refractivity contribution is 5.80. The number of carboxylic acids is 1. The van der Waals surface area contributed by atoms with Gasteiger partial charge in [-0.05, 0) is 38.5 Å². The van der Waals surface area contributed by atoms with Crippen molar-refractivity contribution >= 4 is 12.1 Å². The van der Waals surface area contributed by atoms with Crippen LogP contribution in [0.15, 0.2) is 24.3 Å². The molecule has 0 saturated carbocycles. The molecule has 0 bridgehead atoms. The molecular formula is C16H25NO5. The quantitative estimate of drug-likeness (QED) is 0.794. The Labute approximate surface area is 131 Å². The van der Waals surface area contributed by atoms with Crippen LogP contribution in [0.25, 0.3) is 0 Å². The topological polar surface area (TPSA) is 95.9 Å². The predicted octanol–water partition coefficient (Wildman–Crippen LogP) is 2.94. The third-order valence-electron chi connectivity index (χ3n) is 2.37. The van der Waals surface area contributed by atoms with Gasteiger partial charge < -0.3 is 20.3 Å². The minimum Gasteiger partial charge on any atom is -0.508 e. The summed E-state index contributed by atoms with van der Waals surface area (Å²) in [5, 5.41) is 20.6. The summed E-state index contributed by atoms with van der Waals surface area (Å²) >= 11 is 0. The monoisotopic (exact) mass is 311 g/mol. The van der Waals surface area contributed by atoms with Gasteiger partial charge in [0, 0.05) is 6.42 Å². The first-order valence-corrected chi connectivity index (χ1v) is 7.17. The van der Waals surface area contributed by atoms with Crippen LogP contribution in [0.4, 0.5) is 4.79 Å². The van der Waals surface area contributed by atoms with Crippen LogP contribution in [-0.4, -0.2) is 33.9 Å². The van der Waals surface area contributed by atoms with E-state index in [-0.39, 0.29) is 12.2 Å². The van der Waals surface area contributed by atoms with Gasteiger partial charge in [0.15, 0.2) is 0 Å². The van der Waals surface area contributed by atoms with Crippen LogP contribution >= 0.6 is 0 Å². The van der Waals surface area contributed by atoms with E-state index in [0.29, 0.717) is 5.56 Å². The fraction of sp³-hybridized carbons (Fsp3) is 0.500. The van der Waals surface area contributed by atoms with Gasteiger partial charge >= 0.3 is 12.1 Å². The molecule has 22 heavy (non-hydrogen) atoms.